The fourth-order valence-electron chi connectivity index (χ4n) is 2.88. The van der Waals surface area contributed by atoms with Crippen molar-refractivity contribution in [3.05, 3.63) is 33.7 Å². The summed E-state index contributed by atoms with van der Waals surface area (Å²) in [4.78, 5) is 14.2. The van der Waals surface area contributed by atoms with E-state index in [1.807, 2.05) is 26.2 Å². The third kappa shape index (κ3) is 2.03. The van der Waals surface area contributed by atoms with E-state index in [-0.39, 0.29) is 17.9 Å². The highest BCUT2D eigenvalue weighted by molar-refractivity contribution is 7.17. The van der Waals surface area contributed by atoms with Gasteiger partial charge in [-0.25, -0.2) is 0 Å². The van der Waals surface area contributed by atoms with Gasteiger partial charge in [-0.3, -0.25) is 4.79 Å². The molecule has 1 N–H and O–H groups in total. The average Bonchev–Trinajstić information content (AvgIpc) is 2.75. The molecule has 1 aliphatic rings. The number of hydrogen-bond donors (Lipinski definition) is 1. The molecule has 1 aromatic carbocycles. The molecule has 3 nitrogen and oxygen atoms in total. The highest BCUT2D eigenvalue weighted by atomic mass is 35.5. The Morgan fingerprint density at radius 2 is 2.20 bits per heavy atom. The van der Waals surface area contributed by atoms with Gasteiger partial charge in [-0.1, -0.05) is 11.6 Å². The van der Waals surface area contributed by atoms with Crippen LogP contribution in [0, 0.1) is 0 Å². The fourth-order valence-corrected chi connectivity index (χ4v) is 4.13. The van der Waals surface area contributed by atoms with Crippen LogP contribution in [0.1, 0.15) is 24.0 Å². The summed E-state index contributed by atoms with van der Waals surface area (Å²) in [7, 11) is 3.62. The van der Waals surface area contributed by atoms with E-state index in [4.69, 9.17) is 11.6 Å². The topological polar surface area (TPSA) is 32.3 Å². The minimum absolute atomic E-state index is 0.0890. The summed E-state index contributed by atoms with van der Waals surface area (Å²) >= 11 is 8.03. The molecule has 5 heteroatoms. The van der Waals surface area contributed by atoms with Crippen molar-refractivity contribution in [1.82, 2.24) is 10.2 Å². The normalized spacial score (nSPS) is 21.8. The van der Waals surface area contributed by atoms with Gasteiger partial charge in [0.1, 0.15) is 0 Å². The maximum atomic E-state index is 12.6. The summed E-state index contributed by atoms with van der Waals surface area (Å²) < 4.78 is 1.20. The minimum Gasteiger partial charge on any atom is -0.348 e. The largest absolute Gasteiger partial charge is 0.348 e. The van der Waals surface area contributed by atoms with Crippen LogP contribution in [-0.4, -0.2) is 30.9 Å². The van der Waals surface area contributed by atoms with Crippen LogP contribution in [0.15, 0.2) is 17.5 Å². The Bertz CT molecular complexity index is 680. The number of rotatable bonds is 1. The summed E-state index contributed by atoms with van der Waals surface area (Å²) in [5.74, 6) is -0.0176. The molecular formula is C15H17ClN2OS. The molecule has 106 valence electrons. The minimum atomic E-state index is -0.154. The zero-order valence-corrected chi connectivity index (χ0v) is 13.3. The average molecular weight is 309 g/mol. The zero-order chi connectivity index (χ0) is 14.4. The maximum Gasteiger partial charge on any atom is 0.231 e. The molecule has 2 aromatic rings. The lowest BCUT2D eigenvalue weighted by atomic mass is 9.91. The molecule has 0 bridgehead atoms. The van der Waals surface area contributed by atoms with Gasteiger partial charge in [-0.15, -0.1) is 11.3 Å². The maximum absolute atomic E-state index is 12.6. The Balaban J connectivity index is 2.25. The van der Waals surface area contributed by atoms with Crippen LogP contribution in [0.4, 0.5) is 0 Å². The Morgan fingerprint density at radius 1 is 1.45 bits per heavy atom. The number of hydrogen-bond acceptors (Lipinski definition) is 3. The number of nitrogens with zero attached hydrogens (tertiary/aromatic N) is 1. The Kier molecular flexibility index (Phi) is 3.48. The van der Waals surface area contributed by atoms with E-state index in [0.29, 0.717) is 6.54 Å². The van der Waals surface area contributed by atoms with Gasteiger partial charge in [0.25, 0.3) is 0 Å². The number of carbonyl (C=O) groups excluding carboxylic acids is 1. The van der Waals surface area contributed by atoms with E-state index in [1.54, 1.807) is 16.2 Å². The number of thiophene rings is 1. The van der Waals surface area contributed by atoms with Crippen LogP contribution in [0.25, 0.3) is 10.1 Å². The van der Waals surface area contributed by atoms with Gasteiger partial charge < -0.3 is 10.2 Å². The smallest absolute Gasteiger partial charge is 0.231 e. The highest BCUT2D eigenvalue weighted by Gasteiger charge is 2.33. The van der Waals surface area contributed by atoms with Gasteiger partial charge in [0.05, 0.1) is 5.92 Å². The molecule has 2 atom stereocenters. The predicted molar refractivity (Wildman–Crippen MR) is 84.6 cm³/mol. The van der Waals surface area contributed by atoms with Crippen molar-refractivity contribution in [2.24, 2.45) is 0 Å². The standard InChI is InChI=1S/C15H17ClN2OS/c1-8-13(15(19)18(2)3)10-7-20-12-5-4-11(16)9(6-17-8)14(10)12/h4-5,7-8,13,17H,6H2,1-3H3. The summed E-state index contributed by atoms with van der Waals surface area (Å²) in [6.07, 6.45) is 0. The predicted octanol–water partition coefficient (Wildman–Crippen LogP) is 3.22. The summed E-state index contributed by atoms with van der Waals surface area (Å²) in [5, 5.41) is 7.49. The van der Waals surface area contributed by atoms with Crippen LogP contribution < -0.4 is 5.32 Å². The molecule has 0 saturated carbocycles. The molecule has 0 aliphatic carbocycles. The molecule has 0 fully saturated rings. The number of likely N-dealkylation sites (N-methyl/N-ethyl adjacent to an activating group) is 1. The Hall–Kier alpha value is -1.10. The first kappa shape index (κ1) is 13.9. The molecule has 3 rings (SSSR count). The molecular weight excluding hydrogens is 292 g/mol. The summed E-state index contributed by atoms with van der Waals surface area (Å²) in [5.41, 5.74) is 2.22. The van der Waals surface area contributed by atoms with Crippen LogP contribution in [0.5, 0.6) is 0 Å². The van der Waals surface area contributed by atoms with Crippen molar-refractivity contribution < 1.29 is 4.79 Å². The first-order valence-electron chi connectivity index (χ1n) is 6.63. The monoisotopic (exact) mass is 308 g/mol. The third-order valence-electron chi connectivity index (χ3n) is 3.96. The number of carbonyl (C=O) groups is 1. The van der Waals surface area contributed by atoms with Crippen LogP contribution in [0.2, 0.25) is 5.02 Å². The molecule has 1 amide bonds. The van der Waals surface area contributed by atoms with E-state index < -0.39 is 0 Å². The molecule has 0 saturated heterocycles. The second-order valence-electron chi connectivity index (χ2n) is 5.47. The number of halogens is 1. The van der Waals surface area contributed by atoms with Crippen LogP contribution in [-0.2, 0) is 11.3 Å². The molecule has 1 aromatic heterocycles. The van der Waals surface area contributed by atoms with Gasteiger partial charge in [0.2, 0.25) is 5.91 Å². The van der Waals surface area contributed by atoms with Crippen molar-refractivity contribution in [2.45, 2.75) is 25.4 Å². The number of nitrogens with one attached hydrogen (secondary N) is 1. The van der Waals surface area contributed by atoms with Crippen molar-refractivity contribution >= 4 is 38.9 Å². The summed E-state index contributed by atoms with van der Waals surface area (Å²) in [6.45, 7) is 2.77. The fraction of sp³-hybridized carbons (Fsp3) is 0.400. The SMILES string of the molecule is CC1NCc2c(Cl)ccc3scc(c23)C1C(=O)N(C)C. The lowest BCUT2D eigenvalue weighted by Crippen LogP contribution is -2.39. The quantitative estimate of drug-likeness (QED) is 0.877. The van der Waals surface area contributed by atoms with E-state index in [0.717, 1.165) is 16.1 Å². The van der Waals surface area contributed by atoms with Crippen molar-refractivity contribution in [1.29, 1.82) is 0 Å². The lowest BCUT2D eigenvalue weighted by Gasteiger charge is -2.24. The summed E-state index contributed by atoms with van der Waals surface area (Å²) in [6, 6.07) is 4.08. The van der Waals surface area contributed by atoms with Crippen LogP contribution >= 0.6 is 22.9 Å². The number of amides is 1. The second kappa shape index (κ2) is 5.02. The highest BCUT2D eigenvalue weighted by Crippen LogP contribution is 2.40. The Labute approximate surface area is 127 Å². The molecule has 2 heterocycles. The third-order valence-corrected chi connectivity index (χ3v) is 5.28. The van der Waals surface area contributed by atoms with E-state index >= 15 is 0 Å². The second-order valence-corrected chi connectivity index (χ2v) is 6.79. The van der Waals surface area contributed by atoms with E-state index in [1.165, 1.54) is 10.1 Å². The van der Waals surface area contributed by atoms with Crippen molar-refractivity contribution in [2.75, 3.05) is 14.1 Å². The van der Waals surface area contributed by atoms with Gasteiger partial charge in [-0.2, -0.15) is 0 Å². The Morgan fingerprint density at radius 3 is 2.90 bits per heavy atom. The number of benzene rings is 1. The van der Waals surface area contributed by atoms with Gasteiger partial charge in [0.15, 0.2) is 0 Å². The molecule has 0 radical (unpaired) electrons. The van der Waals surface area contributed by atoms with Crippen LogP contribution in [0.3, 0.4) is 0 Å². The van der Waals surface area contributed by atoms with Crippen molar-refractivity contribution in [3.63, 3.8) is 0 Å². The zero-order valence-electron chi connectivity index (χ0n) is 11.7. The van der Waals surface area contributed by atoms with E-state index in [2.05, 4.69) is 17.6 Å². The first-order valence-corrected chi connectivity index (χ1v) is 7.89. The molecule has 20 heavy (non-hydrogen) atoms. The van der Waals surface area contributed by atoms with Gasteiger partial charge in [-0.05, 0) is 35.6 Å². The molecule has 1 aliphatic heterocycles. The lowest BCUT2D eigenvalue weighted by molar-refractivity contribution is -0.130. The molecule has 2 unspecified atom stereocenters. The van der Waals surface area contributed by atoms with Crippen molar-refractivity contribution in [3.8, 4) is 0 Å². The molecule has 0 spiro atoms. The van der Waals surface area contributed by atoms with E-state index in [9.17, 15) is 4.79 Å². The van der Waals surface area contributed by atoms with Gasteiger partial charge >= 0.3 is 0 Å². The van der Waals surface area contributed by atoms with Gasteiger partial charge in [0, 0.05) is 41.8 Å². The first-order chi connectivity index (χ1) is 9.50.